The van der Waals surface area contributed by atoms with Gasteiger partial charge in [-0.15, -0.1) is 0 Å². The van der Waals surface area contributed by atoms with Crippen LogP contribution in [0.2, 0.25) is 0 Å². The van der Waals surface area contributed by atoms with Gasteiger partial charge in [0.05, 0.1) is 11.1 Å². The first-order chi connectivity index (χ1) is 21.5. The highest BCUT2D eigenvalue weighted by Gasteiger charge is 2.44. The lowest BCUT2D eigenvalue weighted by Gasteiger charge is -2.26. The predicted octanol–water partition coefficient (Wildman–Crippen LogP) is 9.07. The summed E-state index contributed by atoms with van der Waals surface area (Å²) in [5, 5.41) is 4.28. The van der Waals surface area contributed by atoms with Crippen LogP contribution >= 0.6 is 7.26 Å². The zero-order valence-corrected chi connectivity index (χ0v) is 28.8. The zero-order valence-electron chi connectivity index (χ0n) is 27.1. The number of hydrogen-bond acceptors (Lipinski definition) is 3. The number of rotatable bonds is 11. The van der Waals surface area contributed by atoms with Crippen LogP contribution in [0.3, 0.4) is 0 Å². The van der Waals surface area contributed by atoms with Crippen LogP contribution in [0.5, 0.6) is 0 Å². The van der Waals surface area contributed by atoms with E-state index in [1.165, 1.54) is 44.8 Å². The maximum atomic E-state index is 10.4. The van der Waals surface area contributed by atoms with Crippen LogP contribution < -0.4 is 15.9 Å². The van der Waals surface area contributed by atoms with Gasteiger partial charge in [0.15, 0.2) is 0 Å². The quantitative estimate of drug-likeness (QED) is 0.0714. The van der Waals surface area contributed by atoms with Crippen molar-refractivity contribution in [1.82, 2.24) is 0 Å². The molecule has 0 aliphatic heterocycles. The summed E-state index contributed by atoms with van der Waals surface area (Å²) in [4.78, 5) is -0.178. The summed E-state index contributed by atoms with van der Waals surface area (Å²) in [5.74, 6) is 0. The second-order valence-corrected chi connectivity index (χ2v) is 16.3. The SMILES string of the molecule is CC(C)=CCC/C(C)=C/C=C/C(C)=C/C[P+](c1ccccc1)(c1ccccc1)c1ccccc1.Cc1ccc(S(=O)(=O)[O-])cc1. The van der Waals surface area contributed by atoms with Crippen LogP contribution in [0.4, 0.5) is 0 Å². The lowest BCUT2D eigenvalue weighted by atomic mass is 10.1. The van der Waals surface area contributed by atoms with Crippen molar-refractivity contribution in [2.45, 2.75) is 52.4 Å². The molecule has 0 radical (unpaired) electrons. The van der Waals surface area contributed by atoms with E-state index in [4.69, 9.17) is 0 Å². The Bertz CT molecular complexity index is 1600. The fraction of sp³-hybridized carbons (Fsp3) is 0.200. The molecular weight excluding hydrogens is 591 g/mol. The summed E-state index contributed by atoms with van der Waals surface area (Å²) in [6.07, 6.45) is 14.7. The molecule has 0 fully saturated rings. The minimum absolute atomic E-state index is 0.178. The summed E-state index contributed by atoms with van der Waals surface area (Å²) in [5.41, 5.74) is 5.04. The first kappa shape index (κ1) is 35.7. The Labute approximate surface area is 271 Å². The van der Waals surface area contributed by atoms with E-state index in [9.17, 15) is 13.0 Å². The molecule has 0 saturated carbocycles. The highest BCUT2D eigenvalue weighted by Crippen LogP contribution is 2.55. The normalized spacial score (nSPS) is 12.4. The molecule has 0 aromatic heterocycles. The third-order valence-electron chi connectivity index (χ3n) is 7.42. The van der Waals surface area contributed by atoms with Gasteiger partial charge in [-0.2, -0.15) is 0 Å². The van der Waals surface area contributed by atoms with Crippen LogP contribution in [0.15, 0.2) is 167 Å². The molecule has 4 aromatic carbocycles. The van der Waals surface area contributed by atoms with Gasteiger partial charge in [0.1, 0.15) is 33.3 Å². The van der Waals surface area contributed by atoms with E-state index < -0.39 is 17.4 Å². The summed E-state index contributed by atoms with van der Waals surface area (Å²) >= 11 is 0. The van der Waals surface area contributed by atoms with Gasteiger partial charge in [-0.1, -0.05) is 113 Å². The molecular formula is C40H45O3PS. The number of hydrogen-bond donors (Lipinski definition) is 0. The standard InChI is InChI=1S/C33H38P.C7H8O3S/c1-28(2)16-14-17-29(3)18-15-19-30(4)26-27-34(31-20-8-5-9-21-31,32-22-10-6-11-23-32)33-24-12-7-13-25-33;1-6-2-4-7(5-3-6)11(8,9)10/h5-13,15-16,18-26H,14,17,27H2,1-4H3;2-5H,1H3,(H,8,9,10)/q+1;/p-1/b19-15+,29-18+,30-26+;. The first-order valence-electron chi connectivity index (χ1n) is 15.2. The van der Waals surface area contributed by atoms with Crippen LogP contribution in [-0.2, 0) is 10.1 Å². The third-order valence-corrected chi connectivity index (χ3v) is 12.5. The van der Waals surface area contributed by atoms with E-state index in [0.29, 0.717) is 0 Å². The highest BCUT2D eigenvalue weighted by molar-refractivity contribution is 7.95. The zero-order chi connectivity index (χ0) is 32.7. The van der Waals surface area contributed by atoms with Crippen molar-refractivity contribution < 1.29 is 13.0 Å². The van der Waals surface area contributed by atoms with Gasteiger partial charge in [0, 0.05) is 0 Å². The molecule has 0 aliphatic carbocycles. The molecule has 0 aliphatic rings. The largest absolute Gasteiger partial charge is 0.744 e. The van der Waals surface area contributed by atoms with E-state index in [-0.39, 0.29) is 4.90 Å². The van der Waals surface area contributed by atoms with E-state index in [2.05, 4.69) is 149 Å². The molecule has 0 unspecified atom stereocenters. The van der Waals surface area contributed by atoms with Gasteiger partial charge in [-0.25, -0.2) is 8.42 Å². The molecule has 45 heavy (non-hydrogen) atoms. The lowest BCUT2D eigenvalue weighted by molar-refractivity contribution is 0.463. The summed E-state index contributed by atoms with van der Waals surface area (Å²) in [6, 6.07) is 39.0. The van der Waals surface area contributed by atoms with Crippen molar-refractivity contribution in [1.29, 1.82) is 0 Å². The molecule has 0 spiro atoms. The second-order valence-electron chi connectivity index (χ2n) is 11.4. The second kappa shape index (κ2) is 17.6. The molecule has 0 saturated heterocycles. The molecule has 0 amide bonds. The van der Waals surface area contributed by atoms with Crippen LogP contribution in [0.25, 0.3) is 0 Å². The third kappa shape index (κ3) is 11.2. The van der Waals surface area contributed by atoms with Gasteiger partial charge in [0.2, 0.25) is 0 Å². The molecule has 4 aromatic rings. The topological polar surface area (TPSA) is 57.2 Å². The highest BCUT2D eigenvalue weighted by atomic mass is 32.2. The number of allylic oxidation sites excluding steroid dienone is 8. The van der Waals surface area contributed by atoms with Crippen LogP contribution in [0, 0.1) is 6.92 Å². The Hall–Kier alpha value is -3.82. The van der Waals surface area contributed by atoms with Gasteiger partial charge in [0.25, 0.3) is 0 Å². The summed E-state index contributed by atoms with van der Waals surface area (Å²) in [6.45, 7) is 10.6. The van der Waals surface area contributed by atoms with Crippen molar-refractivity contribution in [3.63, 3.8) is 0 Å². The minimum Gasteiger partial charge on any atom is -0.744 e. The van der Waals surface area contributed by atoms with Gasteiger partial charge < -0.3 is 4.55 Å². The Morgan fingerprint density at radius 2 is 1.16 bits per heavy atom. The Morgan fingerprint density at radius 3 is 1.58 bits per heavy atom. The van der Waals surface area contributed by atoms with Gasteiger partial charge in [-0.3, -0.25) is 0 Å². The van der Waals surface area contributed by atoms with Gasteiger partial charge in [-0.05, 0) is 102 Å². The molecule has 3 nitrogen and oxygen atoms in total. The number of benzene rings is 4. The smallest absolute Gasteiger partial charge is 0.124 e. The van der Waals surface area contributed by atoms with Gasteiger partial charge >= 0.3 is 0 Å². The fourth-order valence-electron chi connectivity index (χ4n) is 4.90. The van der Waals surface area contributed by atoms with Crippen LogP contribution in [-0.4, -0.2) is 19.1 Å². The average molecular weight is 637 g/mol. The van der Waals surface area contributed by atoms with E-state index in [1.54, 1.807) is 12.1 Å². The summed E-state index contributed by atoms with van der Waals surface area (Å²) < 4.78 is 31.2. The van der Waals surface area contributed by atoms with Crippen molar-refractivity contribution in [2.24, 2.45) is 0 Å². The average Bonchev–Trinajstić information content (AvgIpc) is 3.03. The van der Waals surface area contributed by atoms with E-state index in [1.807, 2.05) is 6.92 Å². The maximum Gasteiger partial charge on any atom is 0.124 e. The molecule has 234 valence electrons. The molecule has 5 heteroatoms. The number of aryl methyl sites for hydroxylation is 1. The molecule has 0 atom stereocenters. The van der Waals surface area contributed by atoms with Crippen molar-refractivity contribution in [3.8, 4) is 0 Å². The van der Waals surface area contributed by atoms with E-state index >= 15 is 0 Å². The minimum atomic E-state index is -4.27. The molecule has 0 bridgehead atoms. The fourth-order valence-corrected chi connectivity index (χ4v) is 9.50. The lowest BCUT2D eigenvalue weighted by Crippen LogP contribution is -2.33. The summed E-state index contributed by atoms with van der Waals surface area (Å²) in [7, 11) is -6.08. The van der Waals surface area contributed by atoms with Crippen molar-refractivity contribution in [2.75, 3.05) is 6.16 Å². The Kier molecular flexibility index (Phi) is 14.0. The molecule has 0 N–H and O–H groups in total. The Balaban J connectivity index is 0.000000423. The maximum absolute atomic E-state index is 10.4. The first-order valence-corrected chi connectivity index (χ1v) is 18.6. The Morgan fingerprint density at radius 1 is 0.689 bits per heavy atom. The van der Waals surface area contributed by atoms with E-state index in [0.717, 1.165) is 24.6 Å². The molecule has 4 rings (SSSR count). The predicted molar refractivity (Wildman–Crippen MR) is 194 cm³/mol. The molecule has 0 heterocycles. The monoisotopic (exact) mass is 636 g/mol. The van der Waals surface area contributed by atoms with Crippen molar-refractivity contribution >= 4 is 33.3 Å². The van der Waals surface area contributed by atoms with Crippen LogP contribution in [0.1, 0.15) is 46.1 Å². The van der Waals surface area contributed by atoms with Crippen molar-refractivity contribution in [3.05, 3.63) is 168 Å².